The van der Waals surface area contributed by atoms with Crippen molar-refractivity contribution in [2.24, 2.45) is 4.99 Å². The first-order chi connectivity index (χ1) is 15.1. The van der Waals surface area contributed by atoms with Crippen LogP contribution in [0, 0.1) is 0 Å². The van der Waals surface area contributed by atoms with E-state index in [1.807, 2.05) is 7.05 Å². The van der Waals surface area contributed by atoms with E-state index < -0.39 is 0 Å². The van der Waals surface area contributed by atoms with Crippen molar-refractivity contribution < 1.29 is 9.47 Å². The van der Waals surface area contributed by atoms with Crippen molar-refractivity contribution in [3.63, 3.8) is 0 Å². The molecule has 1 heterocycles. The Labute approximate surface area is 209 Å². The lowest BCUT2D eigenvalue weighted by molar-refractivity contribution is 0.0341. The molecule has 0 radical (unpaired) electrons. The van der Waals surface area contributed by atoms with E-state index >= 15 is 0 Å². The van der Waals surface area contributed by atoms with Crippen molar-refractivity contribution in [1.82, 2.24) is 15.5 Å². The number of nitrogens with one attached hydrogen (secondary N) is 2. The summed E-state index contributed by atoms with van der Waals surface area (Å²) in [5.41, 5.74) is 5.04. The molecular formula is C25H37IN4O2. The zero-order chi connectivity index (χ0) is 21.9. The predicted octanol–water partition coefficient (Wildman–Crippen LogP) is 3.93. The Morgan fingerprint density at radius 1 is 1.00 bits per heavy atom. The zero-order valence-corrected chi connectivity index (χ0v) is 21.8. The van der Waals surface area contributed by atoms with Gasteiger partial charge in [0, 0.05) is 39.8 Å². The quantitative estimate of drug-likeness (QED) is 0.281. The van der Waals surface area contributed by atoms with Crippen LogP contribution in [-0.4, -0.2) is 50.3 Å². The SMILES string of the molecule is CN=C(NCc1cccc(COC(C)C)c1)NCc1ccccc1CN1CCOCC1.I. The molecule has 1 fully saturated rings. The highest BCUT2D eigenvalue weighted by molar-refractivity contribution is 14.0. The van der Waals surface area contributed by atoms with Crippen LogP contribution in [0.25, 0.3) is 0 Å². The average molecular weight is 553 g/mol. The molecule has 2 aromatic carbocycles. The van der Waals surface area contributed by atoms with Gasteiger partial charge in [-0.2, -0.15) is 0 Å². The molecule has 0 atom stereocenters. The molecule has 32 heavy (non-hydrogen) atoms. The predicted molar refractivity (Wildman–Crippen MR) is 141 cm³/mol. The summed E-state index contributed by atoms with van der Waals surface area (Å²) in [7, 11) is 1.81. The minimum Gasteiger partial charge on any atom is -0.379 e. The topological polar surface area (TPSA) is 58.1 Å². The second kappa shape index (κ2) is 14.5. The van der Waals surface area contributed by atoms with Gasteiger partial charge in [-0.3, -0.25) is 9.89 Å². The summed E-state index contributed by atoms with van der Waals surface area (Å²) in [6.07, 6.45) is 0.232. The van der Waals surface area contributed by atoms with Crippen molar-refractivity contribution in [2.75, 3.05) is 33.4 Å². The molecule has 176 valence electrons. The minimum absolute atomic E-state index is 0. The molecule has 1 aliphatic rings. The van der Waals surface area contributed by atoms with Crippen LogP contribution in [0.1, 0.15) is 36.1 Å². The van der Waals surface area contributed by atoms with Gasteiger partial charge < -0.3 is 20.1 Å². The van der Waals surface area contributed by atoms with E-state index in [1.165, 1.54) is 22.3 Å². The van der Waals surface area contributed by atoms with E-state index in [-0.39, 0.29) is 30.1 Å². The largest absolute Gasteiger partial charge is 0.379 e. The van der Waals surface area contributed by atoms with Crippen LogP contribution in [0.5, 0.6) is 0 Å². The van der Waals surface area contributed by atoms with Gasteiger partial charge in [0.25, 0.3) is 0 Å². The lowest BCUT2D eigenvalue weighted by atomic mass is 10.1. The summed E-state index contributed by atoms with van der Waals surface area (Å²) >= 11 is 0. The molecule has 6 nitrogen and oxygen atoms in total. The van der Waals surface area contributed by atoms with E-state index in [2.05, 4.69) is 82.9 Å². The lowest BCUT2D eigenvalue weighted by Gasteiger charge is -2.27. The lowest BCUT2D eigenvalue weighted by Crippen LogP contribution is -2.37. The number of guanidine groups is 1. The Morgan fingerprint density at radius 2 is 1.69 bits per heavy atom. The number of benzene rings is 2. The van der Waals surface area contributed by atoms with E-state index in [1.54, 1.807) is 0 Å². The second-order valence-electron chi connectivity index (χ2n) is 8.12. The van der Waals surface area contributed by atoms with E-state index in [9.17, 15) is 0 Å². The van der Waals surface area contributed by atoms with Crippen molar-refractivity contribution >= 4 is 29.9 Å². The molecule has 3 rings (SSSR count). The number of rotatable bonds is 9. The summed E-state index contributed by atoms with van der Waals surface area (Å²) in [5, 5.41) is 6.88. The zero-order valence-electron chi connectivity index (χ0n) is 19.5. The molecule has 1 aliphatic heterocycles. The van der Waals surface area contributed by atoms with Crippen LogP contribution >= 0.6 is 24.0 Å². The minimum atomic E-state index is 0. The van der Waals surface area contributed by atoms with Crippen molar-refractivity contribution in [1.29, 1.82) is 0 Å². The smallest absolute Gasteiger partial charge is 0.191 e. The fourth-order valence-corrected chi connectivity index (χ4v) is 3.56. The van der Waals surface area contributed by atoms with Gasteiger partial charge in [-0.25, -0.2) is 0 Å². The molecule has 1 saturated heterocycles. The van der Waals surface area contributed by atoms with Crippen molar-refractivity contribution in [3.8, 4) is 0 Å². The first-order valence-electron chi connectivity index (χ1n) is 11.1. The number of aliphatic imine (C=N–C) groups is 1. The average Bonchev–Trinajstić information content (AvgIpc) is 2.80. The van der Waals surface area contributed by atoms with Crippen LogP contribution in [0.15, 0.2) is 53.5 Å². The van der Waals surface area contributed by atoms with Gasteiger partial charge in [0.1, 0.15) is 0 Å². The third kappa shape index (κ3) is 9.05. The van der Waals surface area contributed by atoms with Crippen LogP contribution < -0.4 is 10.6 Å². The standard InChI is InChI=1S/C25H36N4O2.HI/c1-20(2)31-19-22-8-6-7-21(15-22)16-27-25(26-3)28-17-23-9-4-5-10-24(23)18-29-11-13-30-14-12-29;/h4-10,15,20H,11-14,16-19H2,1-3H3,(H2,26,27,28);1H. The fraction of sp³-hybridized carbons (Fsp3) is 0.480. The van der Waals surface area contributed by atoms with Gasteiger partial charge in [0.15, 0.2) is 5.96 Å². The Kier molecular flexibility index (Phi) is 12.0. The number of hydrogen-bond acceptors (Lipinski definition) is 4. The maximum absolute atomic E-state index is 5.72. The highest BCUT2D eigenvalue weighted by Gasteiger charge is 2.12. The second-order valence-corrected chi connectivity index (χ2v) is 8.12. The van der Waals surface area contributed by atoms with E-state index in [4.69, 9.17) is 9.47 Å². The molecule has 0 bridgehead atoms. The monoisotopic (exact) mass is 552 g/mol. The fourth-order valence-electron chi connectivity index (χ4n) is 3.56. The van der Waals surface area contributed by atoms with Crippen LogP contribution in [0.2, 0.25) is 0 Å². The van der Waals surface area contributed by atoms with Gasteiger partial charge in [-0.15, -0.1) is 24.0 Å². The Morgan fingerprint density at radius 3 is 2.41 bits per heavy atom. The Balaban J connectivity index is 0.00000363. The third-order valence-corrected chi connectivity index (χ3v) is 5.32. The maximum Gasteiger partial charge on any atom is 0.191 e. The molecule has 0 aliphatic carbocycles. The number of hydrogen-bond donors (Lipinski definition) is 2. The van der Waals surface area contributed by atoms with E-state index in [0.29, 0.717) is 13.2 Å². The number of ether oxygens (including phenoxy) is 2. The molecule has 2 N–H and O–H groups in total. The highest BCUT2D eigenvalue weighted by Crippen LogP contribution is 2.13. The van der Waals surface area contributed by atoms with Crippen LogP contribution in [-0.2, 0) is 35.7 Å². The Bertz CT molecular complexity index is 838. The molecule has 0 aromatic heterocycles. The summed E-state index contributed by atoms with van der Waals surface area (Å²) in [4.78, 5) is 6.84. The molecular weight excluding hydrogens is 515 g/mol. The Hall–Kier alpha value is -1.68. The molecule has 2 aromatic rings. The first kappa shape index (κ1) is 26.6. The normalized spacial score (nSPS) is 14.8. The number of morpholine rings is 1. The molecule has 0 amide bonds. The first-order valence-corrected chi connectivity index (χ1v) is 11.1. The van der Waals surface area contributed by atoms with E-state index in [0.717, 1.165) is 45.4 Å². The highest BCUT2D eigenvalue weighted by atomic mass is 127. The van der Waals surface area contributed by atoms with Gasteiger partial charge in [-0.05, 0) is 36.1 Å². The molecule has 7 heteroatoms. The van der Waals surface area contributed by atoms with Gasteiger partial charge in [0.05, 0.1) is 25.9 Å². The summed E-state index contributed by atoms with van der Waals surface area (Å²) < 4.78 is 11.2. The summed E-state index contributed by atoms with van der Waals surface area (Å²) in [6, 6.07) is 17.1. The van der Waals surface area contributed by atoms with Crippen LogP contribution in [0.3, 0.4) is 0 Å². The third-order valence-electron chi connectivity index (χ3n) is 5.32. The maximum atomic E-state index is 5.72. The van der Waals surface area contributed by atoms with Crippen molar-refractivity contribution in [2.45, 2.75) is 46.2 Å². The summed E-state index contributed by atoms with van der Waals surface area (Å²) in [5.74, 6) is 0.796. The van der Waals surface area contributed by atoms with Gasteiger partial charge in [0.2, 0.25) is 0 Å². The van der Waals surface area contributed by atoms with Crippen molar-refractivity contribution in [3.05, 3.63) is 70.8 Å². The van der Waals surface area contributed by atoms with Gasteiger partial charge >= 0.3 is 0 Å². The molecule has 0 unspecified atom stereocenters. The molecule has 0 spiro atoms. The van der Waals surface area contributed by atoms with Crippen LogP contribution in [0.4, 0.5) is 0 Å². The summed E-state index contributed by atoms with van der Waals surface area (Å²) in [6.45, 7) is 10.8. The molecule has 0 saturated carbocycles. The number of halogens is 1. The number of nitrogens with zero attached hydrogens (tertiary/aromatic N) is 2. The van der Waals surface area contributed by atoms with Gasteiger partial charge in [-0.1, -0.05) is 48.5 Å².